The number of hydrogen-bond acceptors (Lipinski definition) is 5. The van der Waals surface area contributed by atoms with Gasteiger partial charge in [-0.2, -0.15) is 13.2 Å². The molecule has 0 unspecified atom stereocenters. The average molecular weight is 442 g/mol. The van der Waals surface area contributed by atoms with E-state index in [2.05, 4.69) is 10.3 Å². The number of aromatic nitrogens is 1. The van der Waals surface area contributed by atoms with Gasteiger partial charge in [-0.15, -0.1) is 11.3 Å². The number of alkyl halides is 3. The van der Waals surface area contributed by atoms with Gasteiger partial charge in [0.15, 0.2) is 0 Å². The summed E-state index contributed by atoms with van der Waals surface area (Å²) in [4.78, 5) is 17.5. The molecule has 0 aliphatic carbocycles. The smallest absolute Gasteiger partial charge is 0.380 e. The van der Waals surface area contributed by atoms with Crippen molar-refractivity contribution in [1.82, 2.24) is 4.98 Å². The minimum atomic E-state index is -4.52. The van der Waals surface area contributed by atoms with E-state index < -0.39 is 17.6 Å². The summed E-state index contributed by atoms with van der Waals surface area (Å²) in [5.74, 6) is 5.28. The fourth-order valence-corrected chi connectivity index (χ4v) is 3.98. The summed E-state index contributed by atoms with van der Waals surface area (Å²) >= 11 is 1.16. The number of nitrogens with two attached hydrogens (primary N) is 1. The Bertz CT molecular complexity index is 1230. The van der Waals surface area contributed by atoms with E-state index in [-0.39, 0.29) is 5.69 Å². The first-order valence-electron chi connectivity index (χ1n) is 9.25. The minimum Gasteiger partial charge on any atom is -0.380 e. The van der Waals surface area contributed by atoms with E-state index in [1.165, 1.54) is 12.1 Å². The number of nitrogens with zero attached hydrogens (tertiary/aromatic N) is 2. The number of amides is 1. The van der Waals surface area contributed by atoms with Gasteiger partial charge < -0.3 is 5.32 Å². The van der Waals surface area contributed by atoms with Crippen LogP contribution in [0.1, 0.15) is 20.8 Å². The molecule has 0 aliphatic heterocycles. The third kappa shape index (κ3) is 4.37. The monoisotopic (exact) mass is 442 g/mol. The van der Waals surface area contributed by atoms with Crippen molar-refractivity contribution in [3.05, 3.63) is 88.2 Å². The Labute approximate surface area is 179 Å². The molecule has 2 aromatic heterocycles. The number of nitrogens with one attached hydrogen (secondary N) is 1. The number of anilines is 2. The molecule has 4 aromatic rings. The van der Waals surface area contributed by atoms with Crippen LogP contribution in [-0.4, -0.2) is 10.9 Å². The Hall–Kier alpha value is -3.43. The van der Waals surface area contributed by atoms with Gasteiger partial charge in [-0.3, -0.25) is 9.78 Å². The normalized spacial score (nSPS) is 11.5. The highest BCUT2D eigenvalue weighted by atomic mass is 32.1. The molecule has 5 nitrogen and oxygen atoms in total. The molecule has 0 fully saturated rings. The molecule has 3 N–H and O–H groups in total. The third-order valence-corrected chi connectivity index (χ3v) is 5.64. The van der Waals surface area contributed by atoms with Crippen molar-refractivity contribution >= 4 is 39.5 Å². The van der Waals surface area contributed by atoms with Gasteiger partial charge in [0, 0.05) is 18.1 Å². The van der Waals surface area contributed by atoms with E-state index in [1.807, 2.05) is 30.3 Å². The number of fused-ring (bicyclic) bond motifs is 1. The van der Waals surface area contributed by atoms with Crippen LogP contribution in [0.4, 0.5) is 24.5 Å². The first-order valence-corrected chi connectivity index (χ1v) is 10.1. The van der Waals surface area contributed by atoms with Crippen LogP contribution in [0.15, 0.2) is 72.2 Å². The summed E-state index contributed by atoms with van der Waals surface area (Å²) < 4.78 is 39.0. The SMILES string of the molecule is NN(C(=O)c1sccc1NCc1ccnc2ccccc12)c1cccc(C(F)(F)F)c1. The molecule has 158 valence electrons. The molecular formula is C22H17F3N4OS. The molecular weight excluding hydrogens is 425 g/mol. The quantitative estimate of drug-likeness (QED) is 0.245. The number of hydrazine groups is 1. The second kappa shape index (κ2) is 8.37. The van der Waals surface area contributed by atoms with Gasteiger partial charge in [0.2, 0.25) is 0 Å². The minimum absolute atomic E-state index is 0.0423. The molecule has 2 heterocycles. The molecule has 9 heteroatoms. The number of carbonyl (C=O) groups excluding carboxylic acids is 1. The maximum Gasteiger partial charge on any atom is 0.416 e. The summed E-state index contributed by atoms with van der Waals surface area (Å²) in [6, 6.07) is 15.7. The van der Waals surface area contributed by atoms with Gasteiger partial charge in [-0.05, 0) is 47.3 Å². The van der Waals surface area contributed by atoms with Crippen molar-refractivity contribution in [2.24, 2.45) is 5.84 Å². The molecule has 0 radical (unpaired) electrons. The molecule has 31 heavy (non-hydrogen) atoms. The summed E-state index contributed by atoms with van der Waals surface area (Å²) in [5.41, 5.74) is 1.50. The molecule has 0 saturated heterocycles. The molecule has 1 amide bonds. The van der Waals surface area contributed by atoms with E-state index in [9.17, 15) is 18.0 Å². The first kappa shape index (κ1) is 20.8. The fourth-order valence-electron chi connectivity index (χ4n) is 3.17. The van der Waals surface area contributed by atoms with Crippen molar-refractivity contribution in [2.75, 3.05) is 10.3 Å². The number of benzene rings is 2. The number of rotatable bonds is 5. The number of hydrogen-bond donors (Lipinski definition) is 2. The maximum atomic E-state index is 13.0. The van der Waals surface area contributed by atoms with Crippen molar-refractivity contribution in [3.63, 3.8) is 0 Å². The zero-order valence-electron chi connectivity index (χ0n) is 16.1. The zero-order valence-corrected chi connectivity index (χ0v) is 16.9. The van der Waals surface area contributed by atoms with E-state index in [0.29, 0.717) is 17.1 Å². The predicted molar refractivity (Wildman–Crippen MR) is 116 cm³/mol. The Kier molecular flexibility index (Phi) is 5.62. The number of para-hydroxylation sites is 1. The van der Waals surface area contributed by atoms with Crippen LogP contribution in [0.5, 0.6) is 0 Å². The topological polar surface area (TPSA) is 71.2 Å². The molecule has 2 aromatic carbocycles. The van der Waals surface area contributed by atoms with Crippen molar-refractivity contribution in [3.8, 4) is 0 Å². The van der Waals surface area contributed by atoms with Gasteiger partial charge in [0.1, 0.15) is 4.88 Å². The van der Waals surface area contributed by atoms with Gasteiger partial charge in [0.05, 0.1) is 22.5 Å². The van der Waals surface area contributed by atoms with Gasteiger partial charge >= 0.3 is 6.18 Å². The Balaban J connectivity index is 1.54. The van der Waals surface area contributed by atoms with Crippen LogP contribution in [0.2, 0.25) is 0 Å². The fraction of sp³-hybridized carbons (Fsp3) is 0.0909. The molecule has 0 saturated carbocycles. The maximum absolute atomic E-state index is 13.0. The third-order valence-electron chi connectivity index (χ3n) is 4.74. The molecule has 4 rings (SSSR count). The van der Waals surface area contributed by atoms with E-state index in [1.54, 1.807) is 17.6 Å². The highest BCUT2D eigenvalue weighted by molar-refractivity contribution is 7.12. The number of thiophene rings is 1. The second-order valence-electron chi connectivity index (χ2n) is 6.73. The van der Waals surface area contributed by atoms with E-state index in [0.717, 1.165) is 44.9 Å². The summed E-state index contributed by atoms with van der Waals surface area (Å²) in [5, 5.41) is 6.67. The predicted octanol–water partition coefficient (Wildman–Crippen LogP) is 5.45. The molecule has 0 spiro atoms. The van der Waals surface area contributed by atoms with Crippen molar-refractivity contribution < 1.29 is 18.0 Å². The number of halogens is 3. The largest absolute Gasteiger partial charge is 0.416 e. The van der Waals surface area contributed by atoms with Crippen LogP contribution in [-0.2, 0) is 12.7 Å². The summed E-state index contributed by atoms with van der Waals surface area (Å²) in [6.07, 6.45) is -2.81. The van der Waals surface area contributed by atoms with Gasteiger partial charge in [0.25, 0.3) is 5.91 Å². The number of carbonyl (C=O) groups is 1. The molecule has 0 atom stereocenters. The van der Waals surface area contributed by atoms with Crippen LogP contribution < -0.4 is 16.2 Å². The van der Waals surface area contributed by atoms with Crippen LogP contribution in [0.3, 0.4) is 0 Å². The van der Waals surface area contributed by atoms with Crippen LogP contribution in [0.25, 0.3) is 10.9 Å². The zero-order chi connectivity index (χ0) is 22.0. The second-order valence-corrected chi connectivity index (χ2v) is 7.64. The first-order chi connectivity index (χ1) is 14.8. The average Bonchev–Trinajstić information content (AvgIpc) is 3.24. The van der Waals surface area contributed by atoms with Crippen molar-refractivity contribution in [1.29, 1.82) is 0 Å². The van der Waals surface area contributed by atoms with Gasteiger partial charge in [-0.25, -0.2) is 10.9 Å². The summed E-state index contributed by atoms with van der Waals surface area (Å²) in [6.45, 7) is 0.439. The Morgan fingerprint density at radius 2 is 1.90 bits per heavy atom. The lowest BCUT2D eigenvalue weighted by Gasteiger charge is -2.18. The van der Waals surface area contributed by atoms with E-state index in [4.69, 9.17) is 5.84 Å². The van der Waals surface area contributed by atoms with Gasteiger partial charge in [-0.1, -0.05) is 24.3 Å². The Morgan fingerprint density at radius 3 is 2.71 bits per heavy atom. The lowest BCUT2D eigenvalue weighted by atomic mass is 10.1. The standard InChI is InChI=1S/C22H17F3N4OS/c23-22(24,25)15-4-3-5-16(12-15)29(26)21(30)20-19(9-11-31-20)28-13-14-8-10-27-18-7-2-1-6-17(14)18/h1-12,28H,13,26H2. The molecule has 0 bridgehead atoms. The van der Waals surface area contributed by atoms with Crippen LogP contribution >= 0.6 is 11.3 Å². The number of pyridine rings is 1. The highest BCUT2D eigenvalue weighted by Gasteiger charge is 2.31. The lowest BCUT2D eigenvalue weighted by molar-refractivity contribution is -0.137. The summed E-state index contributed by atoms with van der Waals surface area (Å²) in [7, 11) is 0. The van der Waals surface area contributed by atoms with Crippen molar-refractivity contribution in [2.45, 2.75) is 12.7 Å². The van der Waals surface area contributed by atoms with E-state index >= 15 is 0 Å². The molecule has 0 aliphatic rings. The highest BCUT2D eigenvalue weighted by Crippen LogP contribution is 2.32. The lowest BCUT2D eigenvalue weighted by Crippen LogP contribution is -2.37. The Morgan fingerprint density at radius 1 is 1.10 bits per heavy atom. The van der Waals surface area contributed by atoms with Crippen LogP contribution in [0, 0.1) is 0 Å².